The van der Waals surface area contributed by atoms with Gasteiger partial charge in [-0.25, -0.2) is 0 Å². The van der Waals surface area contributed by atoms with Crippen molar-refractivity contribution in [3.05, 3.63) is 22.2 Å². The molecule has 0 aliphatic carbocycles. The number of nitrogens with zero attached hydrogens (tertiary/aromatic N) is 1. The molecule has 2 aliphatic rings. The number of hydrogen-bond donors (Lipinski definition) is 3. The predicted octanol–water partition coefficient (Wildman–Crippen LogP) is 2.90. The van der Waals surface area contributed by atoms with Gasteiger partial charge < -0.3 is 25.7 Å². The van der Waals surface area contributed by atoms with Gasteiger partial charge in [-0.1, -0.05) is 24.4 Å². The molecule has 0 bridgehead atoms. The van der Waals surface area contributed by atoms with E-state index in [1.165, 1.54) is 0 Å². The van der Waals surface area contributed by atoms with Gasteiger partial charge in [0.2, 0.25) is 0 Å². The highest BCUT2D eigenvalue weighted by atomic mass is 35.5. The summed E-state index contributed by atoms with van der Waals surface area (Å²) in [7, 11) is 0. The minimum absolute atomic E-state index is 0.230. The summed E-state index contributed by atoms with van der Waals surface area (Å²) >= 11 is 6.19. The Bertz CT molecular complexity index is 839. The number of carboxylic acids is 1. The van der Waals surface area contributed by atoms with Crippen molar-refractivity contribution >= 4 is 35.5 Å². The number of aliphatic carboxylic acids is 1. The third-order valence-corrected chi connectivity index (χ3v) is 6.75. The maximum absolute atomic E-state index is 12.8. The number of rotatable bonds is 11. The molecule has 32 heavy (non-hydrogen) atoms. The first-order valence-corrected chi connectivity index (χ1v) is 11.7. The smallest absolute Gasteiger partial charge is 0.320 e. The van der Waals surface area contributed by atoms with Gasteiger partial charge in [-0.3, -0.25) is 14.5 Å². The molecule has 1 amide bonds. The minimum atomic E-state index is -0.791. The van der Waals surface area contributed by atoms with E-state index in [-0.39, 0.29) is 11.8 Å². The van der Waals surface area contributed by atoms with Crippen molar-refractivity contribution in [2.45, 2.75) is 57.4 Å². The van der Waals surface area contributed by atoms with Gasteiger partial charge in [0, 0.05) is 24.9 Å². The summed E-state index contributed by atoms with van der Waals surface area (Å²) in [5, 5.41) is 13.0. The minimum Gasteiger partial charge on any atom is -0.492 e. The molecule has 3 rings (SSSR count). The number of halogens is 1. The van der Waals surface area contributed by atoms with Gasteiger partial charge in [0.25, 0.3) is 5.91 Å². The van der Waals surface area contributed by atoms with Crippen LogP contribution in [0, 0.1) is 5.92 Å². The lowest BCUT2D eigenvalue weighted by atomic mass is 9.94. The normalized spacial score (nSPS) is 17.4. The number of anilines is 1. The topological polar surface area (TPSA) is 122 Å². The van der Waals surface area contributed by atoms with Crippen molar-refractivity contribution in [3.8, 4) is 5.75 Å². The number of nitrogen functional groups attached to an aromatic ring is 1. The van der Waals surface area contributed by atoms with Crippen LogP contribution in [-0.2, 0) is 16.0 Å². The maximum atomic E-state index is 12.8. The van der Waals surface area contributed by atoms with Crippen molar-refractivity contribution < 1.29 is 24.2 Å². The molecule has 1 aromatic rings. The number of nitrogens with two attached hydrogens (primary N) is 1. The van der Waals surface area contributed by atoms with E-state index < -0.39 is 12.0 Å². The van der Waals surface area contributed by atoms with Crippen LogP contribution in [0.2, 0.25) is 5.02 Å². The number of ether oxygens (including phenoxy) is 1. The maximum Gasteiger partial charge on any atom is 0.320 e. The number of benzene rings is 1. The van der Waals surface area contributed by atoms with Crippen LogP contribution in [0.1, 0.15) is 60.9 Å². The molecular weight excluding hydrogens is 434 g/mol. The average molecular weight is 466 g/mol. The van der Waals surface area contributed by atoms with E-state index in [1.54, 1.807) is 6.07 Å². The van der Waals surface area contributed by atoms with Gasteiger partial charge in [-0.15, -0.1) is 0 Å². The van der Waals surface area contributed by atoms with E-state index in [0.717, 1.165) is 44.0 Å². The molecule has 1 atom stereocenters. The fourth-order valence-corrected chi connectivity index (χ4v) is 4.76. The van der Waals surface area contributed by atoms with E-state index in [1.807, 2.05) is 4.90 Å². The highest BCUT2D eigenvalue weighted by molar-refractivity contribution is 6.33. The van der Waals surface area contributed by atoms with Gasteiger partial charge >= 0.3 is 5.97 Å². The SMILES string of the molecule is Nc1c(Cl)cc(C(=O)NCC2CCN(C(CCCCCC=O)C(=O)O)CC2)c2c1CCO2. The number of fused-ring (bicyclic) bond motifs is 1. The van der Waals surface area contributed by atoms with E-state index in [0.29, 0.717) is 67.5 Å². The molecule has 0 radical (unpaired) electrons. The highest BCUT2D eigenvalue weighted by Gasteiger charge is 2.30. The lowest BCUT2D eigenvalue weighted by Crippen LogP contribution is -2.47. The zero-order valence-electron chi connectivity index (χ0n) is 18.3. The monoisotopic (exact) mass is 465 g/mol. The summed E-state index contributed by atoms with van der Waals surface area (Å²) in [6, 6.07) is 1.07. The van der Waals surface area contributed by atoms with Crippen LogP contribution in [0.15, 0.2) is 6.07 Å². The van der Waals surface area contributed by atoms with Crippen LogP contribution in [-0.4, -0.2) is 60.5 Å². The summed E-state index contributed by atoms with van der Waals surface area (Å²) in [6.07, 6.45) is 6.81. The van der Waals surface area contributed by atoms with E-state index in [4.69, 9.17) is 22.1 Å². The predicted molar refractivity (Wildman–Crippen MR) is 122 cm³/mol. The van der Waals surface area contributed by atoms with Gasteiger partial charge in [-0.2, -0.15) is 0 Å². The molecule has 0 saturated carbocycles. The Balaban J connectivity index is 1.47. The quantitative estimate of drug-likeness (QED) is 0.261. The van der Waals surface area contributed by atoms with Crippen LogP contribution >= 0.6 is 11.6 Å². The first-order valence-electron chi connectivity index (χ1n) is 11.3. The Morgan fingerprint density at radius 3 is 2.75 bits per heavy atom. The number of carboxylic acid groups (broad SMARTS) is 1. The second-order valence-electron chi connectivity index (χ2n) is 8.57. The number of hydrogen-bond acceptors (Lipinski definition) is 6. The average Bonchev–Trinajstić information content (AvgIpc) is 3.27. The number of likely N-dealkylation sites (tertiary alicyclic amines) is 1. The van der Waals surface area contributed by atoms with Crippen molar-refractivity contribution in [3.63, 3.8) is 0 Å². The molecule has 1 saturated heterocycles. The molecule has 2 aliphatic heterocycles. The molecule has 176 valence electrons. The highest BCUT2D eigenvalue weighted by Crippen LogP contribution is 2.38. The summed E-state index contributed by atoms with van der Waals surface area (Å²) in [5.41, 5.74) is 7.68. The number of unbranched alkanes of at least 4 members (excludes halogenated alkanes) is 3. The zero-order valence-corrected chi connectivity index (χ0v) is 19.0. The number of nitrogens with one attached hydrogen (secondary N) is 1. The molecule has 2 heterocycles. The van der Waals surface area contributed by atoms with Gasteiger partial charge in [0.1, 0.15) is 18.1 Å². The number of amides is 1. The number of carbonyl (C=O) groups is 3. The lowest BCUT2D eigenvalue weighted by Gasteiger charge is -2.35. The van der Waals surface area contributed by atoms with E-state index >= 15 is 0 Å². The molecule has 1 unspecified atom stereocenters. The van der Waals surface area contributed by atoms with Crippen molar-refractivity contribution in [2.75, 3.05) is 32.0 Å². The molecule has 9 heteroatoms. The largest absolute Gasteiger partial charge is 0.492 e. The van der Waals surface area contributed by atoms with Crippen molar-refractivity contribution in [1.29, 1.82) is 0 Å². The first-order chi connectivity index (χ1) is 15.4. The summed E-state index contributed by atoms with van der Waals surface area (Å²) in [6.45, 7) is 2.39. The molecular formula is C23H32ClN3O5. The summed E-state index contributed by atoms with van der Waals surface area (Å²) < 4.78 is 5.62. The second kappa shape index (κ2) is 11.5. The standard InChI is InChI=1S/C23H32ClN3O5/c24-18-13-17(21-16(20(18)25)8-12-32-21)22(29)26-14-15-6-9-27(10-7-15)19(23(30)31)5-3-1-2-4-11-28/h11,13,15,19H,1-10,12,14,25H2,(H,26,29)(H,30,31). The molecule has 0 aromatic heterocycles. The first kappa shape index (κ1) is 24.3. The van der Waals surface area contributed by atoms with Crippen LogP contribution in [0.3, 0.4) is 0 Å². The van der Waals surface area contributed by atoms with Crippen molar-refractivity contribution in [1.82, 2.24) is 10.2 Å². The fourth-order valence-electron chi connectivity index (χ4n) is 4.54. The Kier molecular flexibility index (Phi) is 8.75. The molecule has 1 fully saturated rings. The second-order valence-corrected chi connectivity index (χ2v) is 8.98. The number of carbonyl (C=O) groups excluding carboxylic acids is 2. The van der Waals surface area contributed by atoms with Gasteiger partial charge in [0.15, 0.2) is 0 Å². The van der Waals surface area contributed by atoms with Crippen LogP contribution < -0.4 is 15.8 Å². The summed E-state index contributed by atoms with van der Waals surface area (Å²) in [5.74, 6) is -0.209. The van der Waals surface area contributed by atoms with Crippen molar-refractivity contribution in [2.24, 2.45) is 5.92 Å². The van der Waals surface area contributed by atoms with Crippen LogP contribution in [0.25, 0.3) is 0 Å². The van der Waals surface area contributed by atoms with E-state index in [2.05, 4.69) is 5.32 Å². The number of aldehydes is 1. The van der Waals surface area contributed by atoms with E-state index in [9.17, 15) is 19.5 Å². The Hall–Kier alpha value is -2.32. The number of piperidine rings is 1. The molecule has 8 nitrogen and oxygen atoms in total. The van der Waals surface area contributed by atoms with Crippen LogP contribution in [0.4, 0.5) is 5.69 Å². The molecule has 1 aromatic carbocycles. The summed E-state index contributed by atoms with van der Waals surface area (Å²) in [4.78, 5) is 36.9. The molecule has 0 spiro atoms. The van der Waals surface area contributed by atoms with Gasteiger partial charge in [-0.05, 0) is 50.8 Å². The Morgan fingerprint density at radius 1 is 1.31 bits per heavy atom. The zero-order chi connectivity index (χ0) is 23.1. The lowest BCUT2D eigenvalue weighted by molar-refractivity contribution is -0.144. The third-order valence-electron chi connectivity index (χ3n) is 6.44. The third kappa shape index (κ3) is 5.92. The Labute approximate surface area is 193 Å². The fraction of sp³-hybridized carbons (Fsp3) is 0.609. The Morgan fingerprint density at radius 2 is 2.06 bits per heavy atom. The molecule has 4 N–H and O–H groups in total. The van der Waals surface area contributed by atoms with Gasteiger partial charge in [0.05, 0.1) is 22.9 Å². The van der Waals surface area contributed by atoms with Crippen LogP contribution in [0.5, 0.6) is 5.75 Å².